The van der Waals surface area contributed by atoms with Gasteiger partial charge in [0.1, 0.15) is 5.66 Å². The van der Waals surface area contributed by atoms with E-state index in [0.717, 1.165) is 11.1 Å². The molecule has 2 aromatic carbocycles. The Hall–Kier alpha value is -3.06. The zero-order valence-electron chi connectivity index (χ0n) is 19.9. The lowest BCUT2D eigenvalue weighted by Crippen LogP contribution is -2.63. The summed E-state index contributed by atoms with van der Waals surface area (Å²) in [5.74, 6) is 0. The minimum Gasteiger partial charge on any atom is -0.447 e. The summed E-state index contributed by atoms with van der Waals surface area (Å²) in [6.45, 7) is 6.97. The van der Waals surface area contributed by atoms with Gasteiger partial charge < -0.3 is 14.6 Å². The lowest BCUT2D eigenvalue weighted by Gasteiger charge is -2.37. The molecule has 1 unspecified atom stereocenters. The fraction of sp³-hybridized carbons (Fsp3) is 0.462. The Kier molecular flexibility index (Phi) is 10.2. The standard InChI is InChI=1S/C26H36N2O5/c1-19(2)32-24(30)27-26(28-25(31)33-20(3)4,17-22-13-9-6-10-14-22)18-23(29)16-15-21-11-7-5-8-12-21/h5-14,19-20,23,29H,15-18H2,1-4H3,(H,27,30)(H,28,31). The van der Waals surface area contributed by atoms with Crippen molar-refractivity contribution in [2.24, 2.45) is 0 Å². The number of aliphatic hydroxyl groups excluding tert-OH is 1. The molecule has 0 bridgehead atoms. The minimum atomic E-state index is -1.31. The van der Waals surface area contributed by atoms with E-state index < -0.39 is 24.0 Å². The van der Waals surface area contributed by atoms with Crippen LogP contribution in [0.3, 0.4) is 0 Å². The zero-order valence-corrected chi connectivity index (χ0v) is 19.9. The maximum Gasteiger partial charge on any atom is 0.409 e. The molecule has 180 valence electrons. The van der Waals surface area contributed by atoms with Gasteiger partial charge in [-0.3, -0.25) is 10.6 Å². The Bertz CT molecular complexity index is 832. The summed E-state index contributed by atoms with van der Waals surface area (Å²) in [6, 6.07) is 19.3. The van der Waals surface area contributed by atoms with Crippen molar-refractivity contribution in [2.75, 3.05) is 0 Å². The van der Waals surface area contributed by atoms with Crippen LogP contribution in [0, 0.1) is 0 Å². The van der Waals surface area contributed by atoms with Crippen molar-refractivity contribution in [3.8, 4) is 0 Å². The fourth-order valence-corrected chi connectivity index (χ4v) is 3.60. The highest BCUT2D eigenvalue weighted by atomic mass is 16.6. The van der Waals surface area contributed by atoms with Gasteiger partial charge in [0.05, 0.1) is 18.3 Å². The first-order valence-corrected chi connectivity index (χ1v) is 11.4. The third-order valence-corrected chi connectivity index (χ3v) is 4.91. The van der Waals surface area contributed by atoms with Crippen LogP contribution in [0.1, 0.15) is 51.7 Å². The summed E-state index contributed by atoms with van der Waals surface area (Å²) >= 11 is 0. The van der Waals surface area contributed by atoms with E-state index in [1.807, 2.05) is 60.7 Å². The predicted octanol–water partition coefficient (Wildman–Crippen LogP) is 4.58. The molecule has 1 atom stereocenters. The first kappa shape index (κ1) is 26.2. The van der Waals surface area contributed by atoms with E-state index in [2.05, 4.69) is 10.6 Å². The number of alkyl carbamates (subject to hydrolysis) is 2. The van der Waals surface area contributed by atoms with Gasteiger partial charge in [-0.05, 0) is 51.7 Å². The molecule has 2 amide bonds. The van der Waals surface area contributed by atoms with E-state index in [-0.39, 0.29) is 25.0 Å². The van der Waals surface area contributed by atoms with Crippen LogP contribution in [0.25, 0.3) is 0 Å². The fourth-order valence-electron chi connectivity index (χ4n) is 3.60. The first-order valence-electron chi connectivity index (χ1n) is 11.4. The molecule has 0 saturated carbocycles. The van der Waals surface area contributed by atoms with Crippen LogP contribution in [-0.2, 0) is 22.3 Å². The Morgan fingerprint density at radius 1 is 0.818 bits per heavy atom. The summed E-state index contributed by atoms with van der Waals surface area (Å²) in [7, 11) is 0. The summed E-state index contributed by atoms with van der Waals surface area (Å²) in [4.78, 5) is 25.2. The maximum absolute atomic E-state index is 12.6. The zero-order chi connectivity index (χ0) is 24.3. The van der Waals surface area contributed by atoms with E-state index in [9.17, 15) is 14.7 Å². The normalized spacial score (nSPS) is 12.3. The van der Waals surface area contributed by atoms with Crippen LogP contribution >= 0.6 is 0 Å². The summed E-state index contributed by atoms with van der Waals surface area (Å²) in [6.07, 6.45) is -1.39. The number of nitrogens with one attached hydrogen (secondary N) is 2. The molecule has 33 heavy (non-hydrogen) atoms. The van der Waals surface area contributed by atoms with Gasteiger partial charge in [-0.25, -0.2) is 9.59 Å². The van der Waals surface area contributed by atoms with Crippen molar-refractivity contribution in [2.45, 2.75) is 77.4 Å². The van der Waals surface area contributed by atoms with Gasteiger partial charge in [0, 0.05) is 12.8 Å². The monoisotopic (exact) mass is 456 g/mol. The molecule has 3 N–H and O–H groups in total. The molecular formula is C26H36N2O5. The van der Waals surface area contributed by atoms with E-state index in [4.69, 9.17) is 9.47 Å². The second-order valence-corrected chi connectivity index (χ2v) is 8.78. The molecule has 2 aromatic rings. The molecule has 0 aliphatic heterocycles. The molecule has 0 aromatic heterocycles. The van der Waals surface area contributed by atoms with Gasteiger partial charge in [0.25, 0.3) is 0 Å². The Labute approximate surface area is 196 Å². The van der Waals surface area contributed by atoms with Gasteiger partial charge in [0.15, 0.2) is 0 Å². The highest BCUT2D eigenvalue weighted by Crippen LogP contribution is 2.21. The average Bonchev–Trinajstić information content (AvgIpc) is 2.72. The molecule has 0 fully saturated rings. The molecule has 7 heteroatoms. The quantitative estimate of drug-likeness (QED) is 0.430. The topological polar surface area (TPSA) is 96.9 Å². The molecule has 2 rings (SSSR count). The highest BCUT2D eigenvalue weighted by molar-refractivity contribution is 5.72. The average molecular weight is 457 g/mol. The van der Waals surface area contributed by atoms with Gasteiger partial charge in [-0.1, -0.05) is 60.7 Å². The van der Waals surface area contributed by atoms with Gasteiger partial charge in [0.2, 0.25) is 0 Å². The van der Waals surface area contributed by atoms with Crippen molar-refractivity contribution in [3.05, 3.63) is 71.8 Å². The Morgan fingerprint density at radius 2 is 1.27 bits per heavy atom. The highest BCUT2D eigenvalue weighted by Gasteiger charge is 2.37. The third kappa shape index (κ3) is 9.95. The van der Waals surface area contributed by atoms with Gasteiger partial charge in [-0.2, -0.15) is 0 Å². The predicted molar refractivity (Wildman–Crippen MR) is 128 cm³/mol. The molecule has 0 spiro atoms. The summed E-state index contributed by atoms with van der Waals surface area (Å²) < 4.78 is 10.6. The smallest absolute Gasteiger partial charge is 0.409 e. The van der Waals surface area contributed by atoms with E-state index >= 15 is 0 Å². The number of carbonyl (C=O) groups excluding carboxylic acids is 2. The van der Waals surface area contributed by atoms with Crippen LogP contribution in [-0.4, -0.2) is 41.3 Å². The number of hydrogen-bond acceptors (Lipinski definition) is 5. The second kappa shape index (κ2) is 12.8. The van der Waals surface area contributed by atoms with Gasteiger partial charge >= 0.3 is 12.2 Å². The van der Waals surface area contributed by atoms with Crippen LogP contribution in [0.5, 0.6) is 0 Å². The number of benzene rings is 2. The number of hydrogen-bond donors (Lipinski definition) is 3. The van der Waals surface area contributed by atoms with Crippen LogP contribution in [0.4, 0.5) is 9.59 Å². The number of amides is 2. The van der Waals surface area contributed by atoms with E-state index in [1.54, 1.807) is 27.7 Å². The maximum atomic E-state index is 12.6. The number of carbonyl (C=O) groups is 2. The van der Waals surface area contributed by atoms with Crippen molar-refractivity contribution in [1.82, 2.24) is 10.6 Å². The molecule has 7 nitrogen and oxygen atoms in total. The summed E-state index contributed by atoms with van der Waals surface area (Å²) in [5, 5.41) is 16.6. The molecule has 0 heterocycles. The van der Waals surface area contributed by atoms with E-state index in [1.165, 1.54) is 0 Å². The first-order chi connectivity index (χ1) is 15.7. The Morgan fingerprint density at radius 3 is 1.73 bits per heavy atom. The SMILES string of the molecule is CC(C)OC(=O)NC(Cc1ccccc1)(CC(O)CCc1ccccc1)NC(=O)OC(C)C. The van der Waals surface area contributed by atoms with Crippen LogP contribution < -0.4 is 10.6 Å². The van der Waals surface area contributed by atoms with Gasteiger partial charge in [-0.15, -0.1) is 0 Å². The van der Waals surface area contributed by atoms with Crippen molar-refractivity contribution in [3.63, 3.8) is 0 Å². The molecule has 0 saturated heterocycles. The molecule has 0 aliphatic carbocycles. The van der Waals surface area contributed by atoms with E-state index in [0.29, 0.717) is 12.8 Å². The molecule has 0 aliphatic rings. The number of aryl methyl sites for hydroxylation is 1. The number of ether oxygens (including phenoxy) is 2. The third-order valence-electron chi connectivity index (χ3n) is 4.91. The van der Waals surface area contributed by atoms with Crippen molar-refractivity contribution < 1.29 is 24.2 Å². The second-order valence-electron chi connectivity index (χ2n) is 8.78. The number of rotatable bonds is 11. The molecule has 0 radical (unpaired) electrons. The number of aliphatic hydroxyl groups is 1. The lowest BCUT2D eigenvalue weighted by atomic mass is 9.91. The van der Waals surface area contributed by atoms with Crippen molar-refractivity contribution in [1.29, 1.82) is 0 Å². The Balaban J connectivity index is 2.28. The molecular weight excluding hydrogens is 420 g/mol. The van der Waals surface area contributed by atoms with Crippen LogP contribution in [0.15, 0.2) is 60.7 Å². The van der Waals surface area contributed by atoms with Crippen molar-refractivity contribution >= 4 is 12.2 Å². The minimum absolute atomic E-state index is 0.0785. The largest absolute Gasteiger partial charge is 0.447 e. The van der Waals surface area contributed by atoms with Crippen LogP contribution in [0.2, 0.25) is 0 Å². The summed E-state index contributed by atoms with van der Waals surface area (Å²) in [5.41, 5.74) is 0.669. The lowest BCUT2D eigenvalue weighted by molar-refractivity contribution is 0.0595.